The summed E-state index contributed by atoms with van der Waals surface area (Å²) in [5, 5.41) is 33.3. The number of aliphatic hydroxyl groups excluding tert-OH is 1. The van der Waals surface area contributed by atoms with Gasteiger partial charge in [0, 0.05) is 12.2 Å². The highest BCUT2D eigenvalue weighted by molar-refractivity contribution is 6.00. The normalized spacial score (nSPS) is 10.8. The first-order valence-corrected chi connectivity index (χ1v) is 6.91. The van der Waals surface area contributed by atoms with Crippen LogP contribution < -0.4 is 10.6 Å². The summed E-state index contributed by atoms with van der Waals surface area (Å²) >= 11 is 0. The van der Waals surface area contributed by atoms with Crippen molar-refractivity contribution in [1.29, 1.82) is 0 Å². The van der Waals surface area contributed by atoms with Crippen LogP contribution in [0.25, 0.3) is 11.0 Å². The number of benzene rings is 2. The maximum absolute atomic E-state index is 13.0. The van der Waals surface area contributed by atoms with Crippen LogP contribution in [0.4, 0.5) is 27.1 Å². The zero-order valence-corrected chi connectivity index (χ0v) is 12.2. The summed E-state index contributed by atoms with van der Waals surface area (Å²) in [4.78, 5) is 10.7. The number of hydrogen-bond donors (Lipinski definition) is 3. The van der Waals surface area contributed by atoms with Crippen LogP contribution in [-0.4, -0.2) is 33.5 Å². The third-order valence-electron chi connectivity index (χ3n) is 3.24. The molecule has 0 radical (unpaired) electrons. The Hall–Kier alpha value is -3.27. The zero-order valence-electron chi connectivity index (χ0n) is 12.2. The van der Waals surface area contributed by atoms with Gasteiger partial charge in [-0.2, -0.15) is 0 Å². The van der Waals surface area contributed by atoms with Crippen LogP contribution >= 0.6 is 0 Å². The van der Waals surface area contributed by atoms with Crippen molar-refractivity contribution in [3.8, 4) is 0 Å². The minimum absolute atomic E-state index is 0.0347. The standard InChI is InChI=1S/C14H12FN5O4/c15-8-1-3-9(4-2-8)17-10-7-11(16-5-6-21)14(20(22)23)13-12(10)18-24-19-13/h1-4,7,16-17,21H,5-6H2. The van der Waals surface area contributed by atoms with Gasteiger partial charge in [0.15, 0.2) is 5.52 Å². The Balaban J connectivity index is 2.09. The molecular weight excluding hydrogens is 321 g/mol. The number of hydrogen-bond acceptors (Lipinski definition) is 8. The van der Waals surface area contributed by atoms with Gasteiger partial charge in [-0.3, -0.25) is 10.1 Å². The first kappa shape index (κ1) is 15.6. The number of nitrogens with zero attached hydrogens (tertiary/aromatic N) is 3. The highest BCUT2D eigenvalue weighted by Crippen LogP contribution is 2.37. The Bertz CT molecular complexity index is 881. The monoisotopic (exact) mass is 333 g/mol. The van der Waals surface area contributed by atoms with Crippen LogP contribution in [0.5, 0.6) is 0 Å². The topological polar surface area (TPSA) is 126 Å². The van der Waals surface area contributed by atoms with E-state index in [9.17, 15) is 14.5 Å². The largest absolute Gasteiger partial charge is 0.395 e. The van der Waals surface area contributed by atoms with Gasteiger partial charge in [0.2, 0.25) is 5.52 Å². The van der Waals surface area contributed by atoms with Crippen LogP contribution in [-0.2, 0) is 0 Å². The van der Waals surface area contributed by atoms with Gasteiger partial charge in [0.05, 0.1) is 17.2 Å². The molecule has 0 saturated carbocycles. The Kier molecular flexibility index (Phi) is 4.20. The van der Waals surface area contributed by atoms with Crippen LogP contribution in [0.3, 0.4) is 0 Å². The molecule has 3 rings (SSSR count). The third-order valence-corrected chi connectivity index (χ3v) is 3.24. The predicted octanol–water partition coefficient (Wildman–Crippen LogP) is 2.42. The smallest absolute Gasteiger partial charge is 0.323 e. The number of aliphatic hydroxyl groups is 1. The lowest BCUT2D eigenvalue weighted by Gasteiger charge is -2.10. The van der Waals surface area contributed by atoms with Crippen molar-refractivity contribution >= 4 is 33.8 Å². The molecule has 0 saturated heterocycles. The third kappa shape index (κ3) is 2.94. The fourth-order valence-electron chi connectivity index (χ4n) is 2.22. The van der Waals surface area contributed by atoms with E-state index in [-0.39, 0.29) is 41.4 Å². The first-order chi connectivity index (χ1) is 11.6. The van der Waals surface area contributed by atoms with Crippen LogP contribution in [0, 0.1) is 15.9 Å². The fourth-order valence-corrected chi connectivity index (χ4v) is 2.22. The van der Waals surface area contributed by atoms with Crippen molar-refractivity contribution < 1.29 is 19.0 Å². The molecule has 24 heavy (non-hydrogen) atoms. The molecule has 0 aliphatic carbocycles. The predicted molar refractivity (Wildman–Crippen MR) is 83.7 cm³/mol. The average molecular weight is 333 g/mol. The first-order valence-electron chi connectivity index (χ1n) is 6.91. The van der Waals surface area contributed by atoms with Crippen molar-refractivity contribution in [2.75, 3.05) is 23.8 Å². The van der Waals surface area contributed by atoms with Crippen LogP contribution in [0.1, 0.15) is 0 Å². The number of halogens is 1. The second-order valence-corrected chi connectivity index (χ2v) is 4.82. The highest BCUT2D eigenvalue weighted by Gasteiger charge is 2.25. The molecule has 0 spiro atoms. The molecule has 0 aliphatic rings. The number of aromatic nitrogens is 2. The van der Waals surface area contributed by atoms with Crippen LogP contribution in [0.2, 0.25) is 0 Å². The summed E-state index contributed by atoms with van der Waals surface area (Å²) in [5.41, 5.74) is 0.936. The van der Waals surface area contributed by atoms with Crippen molar-refractivity contribution in [1.82, 2.24) is 10.3 Å². The molecule has 1 heterocycles. The van der Waals surface area contributed by atoms with E-state index in [4.69, 9.17) is 5.11 Å². The van der Waals surface area contributed by atoms with Crippen LogP contribution in [0.15, 0.2) is 35.0 Å². The van der Waals surface area contributed by atoms with Crippen molar-refractivity contribution in [2.24, 2.45) is 0 Å². The summed E-state index contributed by atoms with van der Waals surface area (Å²) in [6.07, 6.45) is 0. The van der Waals surface area contributed by atoms with E-state index in [1.54, 1.807) is 0 Å². The summed E-state index contributed by atoms with van der Waals surface area (Å²) in [6, 6.07) is 7.03. The lowest BCUT2D eigenvalue weighted by atomic mass is 10.2. The molecule has 3 N–H and O–H groups in total. The SMILES string of the molecule is O=[N+]([O-])c1c(NCCO)cc(Nc2ccc(F)cc2)c2nonc12. The summed E-state index contributed by atoms with van der Waals surface area (Å²) in [5.74, 6) is -0.386. The molecule has 0 unspecified atom stereocenters. The van der Waals surface area contributed by atoms with E-state index < -0.39 is 4.92 Å². The quantitative estimate of drug-likeness (QED) is 0.464. The Morgan fingerprint density at radius 2 is 1.92 bits per heavy atom. The minimum Gasteiger partial charge on any atom is -0.395 e. The number of anilines is 3. The molecule has 1 aromatic heterocycles. The van der Waals surface area contributed by atoms with Gasteiger partial charge in [0.1, 0.15) is 11.5 Å². The molecule has 0 amide bonds. The molecular formula is C14H12FN5O4. The maximum atomic E-state index is 13.0. The minimum atomic E-state index is -0.603. The maximum Gasteiger partial charge on any atom is 0.323 e. The number of fused-ring (bicyclic) bond motifs is 1. The second kappa shape index (κ2) is 6.46. The molecule has 0 fully saturated rings. The summed E-state index contributed by atoms with van der Waals surface area (Å²) in [7, 11) is 0. The molecule has 2 aromatic carbocycles. The van der Waals surface area contributed by atoms with Gasteiger partial charge in [-0.05, 0) is 40.6 Å². The molecule has 0 atom stereocenters. The van der Waals surface area contributed by atoms with E-state index >= 15 is 0 Å². The Morgan fingerprint density at radius 1 is 1.21 bits per heavy atom. The van der Waals surface area contributed by atoms with Gasteiger partial charge in [-0.25, -0.2) is 9.02 Å². The zero-order chi connectivity index (χ0) is 17.1. The molecule has 124 valence electrons. The Morgan fingerprint density at radius 3 is 2.58 bits per heavy atom. The number of rotatable bonds is 6. The van der Waals surface area contributed by atoms with E-state index in [1.807, 2.05) is 0 Å². The van der Waals surface area contributed by atoms with Crippen molar-refractivity contribution in [2.45, 2.75) is 0 Å². The molecule has 0 aliphatic heterocycles. The van der Waals surface area contributed by atoms with Crippen molar-refractivity contribution in [3.05, 3.63) is 46.3 Å². The number of nitrogens with one attached hydrogen (secondary N) is 2. The number of nitro benzene ring substituents is 1. The van der Waals surface area contributed by atoms with Gasteiger partial charge in [-0.15, -0.1) is 0 Å². The molecule has 10 heteroatoms. The lowest BCUT2D eigenvalue weighted by molar-refractivity contribution is -0.382. The summed E-state index contributed by atoms with van der Waals surface area (Å²) in [6.45, 7) is -0.0827. The number of nitro groups is 1. The highest BCUT2D eigenvalue weighted by atomic mass is 19.1. The van der Waals surface area contributed by atoms with Crippen molar-refractivity contribution in [3.63, 3.8) is 0 Å². The van der Waals surface area contributed by atoms with E-state index in [2.05, 4.69) is 25.6 Å². The van der Waals surface area contributed by atoms with E-state index in [1.165, 1.54) is 30.3 Å². The van der Waals surface area contributed by atoms with Gasteiger partial charge < -0.3 is 15.7 Å². The summed E-state index contributed by atoms with van der Waals surface area (Å²) < 4.78 is 17.6. The second-order valence-electron chi connectivity index (χ2n) is 4.82. The molecule has 0 bridgehead atoms. The lowest BCUT2D eigenvalue weighted by Crippen LogP contribution is -2.08. The van der Waals surface area contributed by atoms with E-state index in [0.29, 0.717) is 11.4 Å². The molecule has 3 aromatic rings. The fraction of sp³-hybridized carbons (Fsp3) is 0.143. The van der Waals surface area contributed by atoms with Gasteiger partial charge >= 0.3 is 5.69 Å². The van der Waals surface area contributed by atoms with E-state index in [0.717, 1.165) is 0 Å². The molecule has 9 nitrogen and oxygen atoms in total. The average Bonchev–Trinajstić information content (AvgIpc) is 3.04. The van der Waals surface area contributed by atoms with Gasteiger partial charge in [0.25, 0.3) is 0 Å². The van der Waals surface area contributed by atoms with Gasteiger partial charge in [-0.1, -0.05) is 0 Å². The Labute approximate surface area is 134 Å².